The third-order valence-electron chi connectivity index (χ3n) is 1.98. The first kappa shape index (κ1) is 9.69. The van der Waals surface area contributed by atoms with Crippen LogP contribution in [0.15, 0.2) is 18.3 Å². The van der Waals surface area contributed by atoms with Gasteiger partial charge in [-0.15, -0.1) is 0 Å². The third kappa shape index (κ3) is 2.04. The lowest BCUT2D eigenvalue weighted by molar-refractivity contribution is 0.276. The number of aromatic nitrogens is 1. The van der Waals surface area contributed by atoms with E-state index in [-0.39, 0.29) is 6.61 Å². The predicted octanol–water partition coefficient (Wildman–Crippen LogP) is 1.38. The topological polar surface area (TPSA) is 56.9 Å². The molecule has 0 aliphatic rings. The summed E-state index contributed by atoms with van der Waals surface area (Å²) in [7, 11) is 0. The molecule has 3 nitrogen and oxygen atoms in total. The van der Waals surface area contributed by atoms with Crippen molar-refractivity contribution in [2.24, 2.45) is 0 Å². The Bertz CT molecular complexity index is 339. The second kappa shape index (κ2) is 3.55. The molecule has 0 atom stereocenters. The minimum absolute atomic E-state index is 0.0879. The molecule has 0 unspecified atom stereocenters. The molecule has 1 heterocycles. The molecule has 0 aliphatic heterocycles. The van der Waals surface area contributed by atoms with Crippen molar-refractivity contribution < 1.29 is 5.11 Å². The lowest BCUT2D eigenvalue weighted by Gasteiger charge is -2.15. The first-order valence-electron chi connectivity index (χ1n) is 4.07. The van der Waals surface area contributed by atoms with E-state index in [9.17, 15) is 0 Å². The van der Waals surface area contributed by atoms with Crippen LogP contribution in [0.4, 0.5) is 0 Å². The highest BCUT2D eigenvalue weighted by Gasteiger charge is 2.19. The monoisotopic (exact) mass is 176 g/mol. The Balaban J connectivity index is 3.10. The van der Waals surface area contributed by atoms with Crippen LogP contribution in [0.5, 0.6) is 0 Å². The highest BCUT2D eigenvalue weighted by Crippen LogP contribution is 2.21. The van der Waals surface area contributed by atoms with Crippen molar-refractivity contribution in [3.05, 3.63) is 29.6 Å². The lowest BCUT2D eigenvalue weighted by atomic mass is 9.87. The summed E-state index contributed by atoms with van der Waals surface area (Å²) in [4.78, 5) is 3.95. The van der Waals surface area contributed by atoms with Crippen LogP contribution in [0.3, 0.4) is 0 Å². The van der Waals surface area contributed by atoms with E-state index in [4.69, 9.17) is 10.4 Å². The Morgan fingerprint density at radius 2 is 2.31 bits per heavy atom. The summed E-state index contributed by atoms with van der Waals surface area (Å²) >= 11 is 0. The summed E-state index contributed by atoms with van der Waals surface area (Å²) in [5.74, 6) is 0. The number of hydrogen-bond acceptors (Lipinski definition) is 3. The van der Waals surface area contributed by atoms with Gasteiger partial charge in [0.15, 0.2) is 0 Å². The average molecular weight is 176 g/mol. The highest BCUT2D eigenvalue weighted by atomic mass is 16.3. The summed E-state index contributed by atoms with van der Waals surface area (Å²) in [6, 6.07) is 5.75. The minimum Gasteiger partial charge on any atom is -0.390 e. The standard InChI is InChI=1S/C10H12N2O/c1-10(2,7-11)8-3-4-12-9(5-8)6-13/h3-5,13H,6H2,1-2H3. The van der Waals surface area contributed by atoms with Gasteiger partial charge in [0, 0.05) is 6.20 Å². The lowest BCUT2D eigenvalue weighted by Crippen LogP contribution is -2.14. The second-order valence-corrected chi connectivity index (χ2v) is 3.43. The molecule has 0 aliphatic carbocycles. The zero-order valence-corrected chi connectivity index (χ0v) is 7.78. The molecule has 1 aromatic rings. The van der Waals surface area contributed by atoms with Gasteiger partial charge in [0.05, 0.1) is 23.8 Å². The van der Waals surface area contributed by atoms with Gasteiger partial charge in [0.25, 0.3) is 0 Å². The second-order valence-electron chi connectivity index (χ2n) is 3.43. The molecule has 0 bridgehead atoms. The summed E-state index contributed by atoms with van der Waals surface area (Å²) in [6.45, 7) is 3.59. The summed E-state index contributed by atoms with van der Waals surface area (Å²) in [5, 5.41) is 17.7. The quantitative estimate of drug-likeness (QED) is 0.740. The van der Waals surface area contributed by atoms with E-state index in [0.717, 1.165) is 5.56 Å². The van der Waals surface area contributed by atoms with Crippen molar-refractivity contribution in [1.29, 1.82) is 5.26 Å². The molecule has 1 N–H and O–H groups in total. The van der Waals surface area contributed by atoms with E-state index >= 15 is 0 Å². The van der Waals surface area contributed by atoms with Gasteiger partial charge in [-0.25, -0.2) is 0 Å². The van der Waals surface area contributed by atoms with Crippen LogP contribution in [0.2, 0.25) is 0 Å². The largest absolute Gasteiger partial charge is 0.390 e. The van der Waals surface area contributed by atoms with Crippen molar-refractivity contribution >= 4 is 0 Å². The van der Waals surface area contributed by atoms with Gasteiger partial charge in [0.1, 0.15) is 0 Å². The molecule has 13 heavy (non-hydrogen) atoms. The van der Waals surface area contributed by atoms with Crippen LogP contribution in [0.25, 0.3) is 0 Å². The van der Waals surface area contributed by atoms with E-state index in [1.54, 1.807) is 18.3 Å². The van der Waals surface area contributed by atoms with E-state index in [1.165, 1.54) is 0 Å². The molecule has 0 fully saturated rings. The molecule has 0 saturated carbocycles. The van der Waals surface area contributed by atoms with Crippen molar-refractivity contribution in [2.45, 2.75) is 25.9 Å². The zero-order valence-electron chi connectivity index (χ0n) is 7.78. The van der Waals surface area contributed by atoms with Crippen LogP contribution >= 0.6 is 0 Å². The molecule has 1 rings (SSSR count). The van der Waals surface area contributed by atoms with Crippen LogP contribution < -0.4 is 0 Å². The molecular formula is C10H12N2O. The van der Waals surface area contributed by atoms with Gasteiger partial charge in [-0.05, 0) is 31.5 Å². The van der Waals surface area contributed by atoms with Crippen molar-refractivity contribution in [1.82, 2.24) is 4.98 Å². The highest BCUT2D eigenvalue weighted by molar-refractivity contribution is 5.30. The number of pyridine rings is 1. The van der Waals surface area contributed by atoms with Crippen LogP contribution in [0.1, 0.15) is 25.1 Å². The molecule has 68 valence electrons. The van der Waals surface area contributed by atoms with Gasteiger partial charge in [-0.2, -0.15) is 5.26 Å². The molecule has 0 radical (unpaired) electrons. The molecule has 0 amide bonds. The van der Waals surface area contributed by atoms with Gasteiger partial charge in [-0.3, -0.25) is 4.98 Å². The van der Waals surface area contributed by atoms with Crippen molar-refractivity contribution in [3.8, 4) is 6.07 Å². The van der Waals surface area contributed by atoms with Gasteiger partial charge in [-0.1, -0.05) is 0 Å². The Hall–Kier alpha value is -1.40. The maximum absolute atomic E-state index is 8.88. The van der Waals surface area contributed by atoms with Gasteiger partial charge >= 0.3 is 0 Å². The number of rotatable bonds is 2. The summed E-state index contributed by atoms with van der Waals surface area (Å²) in [5.41, 5.74) is 0.960. The Morgan fingerprint density at radius 3 is 2.85 bits per heavy atom. The number of aliphatic hydroxyl groups is 1. The number of nitrogens with zero attached hydrogens (tertiary/aromatic N) is 2. The zero-order chi connectivity index (χ0) is 9.90. The SMILES string of the molecule is CC(C)(C#N)c1ccnc(CO)c1. The molecule has 0 aromatic carbocycles. The fourth-order valence-electron chi connectivity index (χ4n) is 1.02. The minimum atomic E-state index is -0.521. The Morgan fingerprint density at radius 1 is 1.62 bits per heavy atom. The number of hydrogen-bond donors (Lipinski definition) is 1. The van der Waals surface area contributed by atoms with Gasteiger partial charge in [0.2, 0.25) is 0 Å². The van der Waals surface area contributed by atoms with Crippen molar-refractivity contribution in [3.63, 3.8) is 0 Å². The third-order valence-corrected chi connectivity index (χ3v) is 1.98. The first-order valence-corrected chi connectivity index (χ1v) is 4.07. The Kier molecular flexibility index (Phi) is 2.64. The molecule has 3 heteroatoms. The molecular weight excluding hydrogens is 164 g/mol. The van der Waals surface area contributed by atoms with Gasteiger partial charge < -0.3 is 5.11 Å². The molecule has 0 spiro atoms. The predicted molar refractivity (Wildman–Crippen MR) is 48.8 cm³/mol. The van der Waals surface area contributed by atoms with E-state index in [2.05, 4.69) is 11.1 Å². The molecule has 1 aromatic heterocycles. The number of nitriles is 1. The fourth-order valence-corrected chi connectivity index (χ4v) is 1.02. The smallest absolute Gasteiger partial charge is 0.0853 e. The maximum Gasteiger partial charge on any atom is 0.0853 e. The van der Waals surface area contributed by atoms with E-state index < -0.39 is 5.41 Å². The first-order chi connectivity index (χ1) is 6.10. The van der Waals surface area contributed by atoms with Crippen LogP contribution in [0, 0.1) is 11.3 Å². The Labute approximate surface area is 77.7 Å². The van der Waals surface area contributed by atoms with Crippen LogP contribution in [-0.4, -0.2) is 10.1 Å². The maximum atomic E-state index is 8.88. The van der Waals surface area contributed by atoms with E-state index in [1.807, 2.05) is 13.8 Å². The average Bonchev–Trinajstić information content (AvgIpc) is 2.18. The summed E-state index contributed by atoms with van der Waals surface area (Å²) < 4.78 is 0. The summed E-state index contributed by atoms with van der Waals surface area (Å²) in [6.07, 6.45) is 1.61. The molecule has 0 saturated heterocycles. The van der Waals surface area contributed by atoms with E-state index in [0.29, 0.717) is 5.69 Å². The van der Waals surface area contributed by atoms with Crippen LogP contribution in [-0.2, 0) is 12.0 Å². The normalized spacial score (nSPS) is 10.9. The fraction of sp³-hybridized carbons (Fsp3) is 0.400. The number of aliphatic hydroxyl groups excluding tert-OH is 1. The van der Waals surface area contributed by atoms with Crippen molar-refractivity contribution in [2.75, 3.05) is 0 Å².